The lowest BCUT2D eigenvalue weighted by molar-refractivity contribution is -0.143. The molecule has 0 radical (unpaired) electrons. The molecule has 440 valence electrons. The molecule has 2 unspecified atom stereocenters. The van der Waals surface area contributed by atoms with Gasteiger partial charge in [0.1, 0.15) is 0 Å². The molecule has 6 nitrogen and oxygen atoms in total. The number of hydrogen-bond acceptors (Lipinski definition) is 5. The predicted molar refractivity (Wildman–Crippen MR) is 324 cm³/mol. The van der Waals surface area contributed by atoms with Crippen molar-refractivity contribution in [2.24, 2.45) is 0 Å². The molecule has 0 rings (SSSR count). The number of carbonyl (C=O) groups excluding carboxylic acids is 2. The Bertz CT molecular complexity index is 1110. The fourth-order valence-electron chi connectivity index (χ4n) is 10.9. The highest BCUT2D eigenvalue weighted by Gasteiger charge is 2.20. The molecule has 2 atom stereocenters. The molecular formula is C68H133NO5. The molecule has 0 aliphatic carbocycles. The second kappa shape index (κ2) is 64.1. The number of carbonyl (C=O) groups is 2. The summed E-state index contributed by atoms with van der Waals surface area (Å²) in [5, 5.41) is 23.4. The Labute approximate surface area is 463 Å². The highest BCUT2D eigenvalue weighted by atomic mass is 16.5. The molecule has 0 saturated carbocycles. The summed E-state index contributed by atoms with van der Waals surface area (Å²) in [4.78, 5) is 24.6. The summed E-state index contributed by atoms with van der Waals surface area (Å²) in [5.41, 5.74) is 0. The van der Waals surface area contributed by atoms with E-state index in [1.54, 1.807) is 0 Å². The third-order valence-corrected chi connectivity index (χ3v) is 16.1. The van der Waals surface area contributed by atoms with Crippen LogP contribution in [0, 0.1) is 0 Å². The summed E-state index contributed by atoms with van der Waals surface area (Å²) in [6.45, 7) is 4.97. The number of aliphatic hydroxyl groups excluding tert-OH is 2. The summed E-state index contributed by atoms with van der Waals surface area (Å²) in [6.07, 6.45) is 78.1. The quantitative estimate of drug-likeness (QED) is 0.0320. The number of esters is 1. The van der Waals surface area contributed by atoms with E-state index in [4.69, 9.17) is 4.74 Å². The first-order chi connectivity index (χ1) is 36.5. The van der Waals surface area contributed by atoms with Crippen LogP contribution in [0.25, 0.3) is 0 Å². The highest BCUT2D eigenvalue weighted by molar-refractivity contribution is 5.76. The second-order valence-corrected chi connectivity index (χ2v) is 23.5. The average Bonchev–Trinajstić information content (AvgIpc) is 3.40. The number of hydrogen-bond donors (Lipinski definition) is 3. The lowest BCUT2D eigenvalue weighted by Gasteiger charge is -2.22. The number of allylic oxidation sites excluding steroid dienone is 2. The Morgan fingerprint density at radius 1 is 0.365 bits per heavy atom. The highest BCUT2D eigenvalue weighted by Crippen LogP contribution is 2.19. The van der Waals surface area contributed by atoms with Gasteiger partial charge in [-0.1, -0.05) is 334 Å². The lowest BCUT2D eigenvalue weighted by Crippen LogP contribution is -2.45. The molecule has 0 aromatic rings. The van der Waals surface area contributed by atoms with E-state index in [9.17, 15) is 19.8 Å². The Kier molecular flexibility index (Phi) is 62.9. The predicted octanol–water partition coefficient (Wildman–Crippen LogP) is 21.6. The van der Waals surface area contributed by atoms with Crippen molar-refractivity contribution in [3.05, 3.63) is 12.2 Å². The molecule has 0 aromatic carbocycles. The summed E-state index contributed by atoms with van der Waals surface area (Å²) >= 11 is 0. The number of unbranched alkanes of at least 4 members (excludes halogenated alkanes) is 51. The Morgan fingerprint density at radius 3 is 0.973 bits per heavy atom. The zero-order valence-corrected chi connectivity index (χ0v) is 50.4. The summed E-state index contributed by atoms with van der Waals surface area (Å²) in [5.74, 6) is -0.0294. The molecule has 0 saturated heterocycles. The number of nitrogens with one attached hydrogen (secondary N) is 1. The monoisotopic (exact) mass is 1040 g/mol. The van der Waals surface area contributed by atoms with Gasteiger partial charge in [-0.25, -0.2) is 0 Å². The van der Waals surface area contributed by atoms with Gasteiger partial charge in [-0.15, -0.1) is 0 Å². The van der Waals surface area contributed by atoms with Crippen molar-refractivity contribution in [3.8, 4) is 0 Å². The first-order valence-electron chi connectivity index (χ1n) is 33.9. The molecule has 0 heterocycles. The van der Waals surface area contributed by atoms with E-state index in [0.29, 0.717) is 25.9 Å². The standard InChI is InChI=1S/C68H133NO5/c1-3-5-7-9-11-13-15-17-18-19-20-21-22-23-24-27-30-33-37-40-44-48-52-56-60-66(71)65(64-70)69-67(72)61-57-53-49-45-41-38-34-31-28-25-26-29-32-35-39-43-47-51-55-59-63-74-68(73)62-58-54-50-46-42-36-16-14-12-10-8-6-4-2/h14,16,65-66,70-71H,3-13,15,17-64H2,1-2H3,(H,69,72)/b16-14-. The molecule has 0 spiro atoms. The van der Waals surface area contributed by atoms with Gasteiger partial charge in [-0.3, -0.25) is 9.59 Å². The van der Waals surface area contributed by atoms with E-state index in [1.165, 1.54) is 308 Å². The molecular weight excluding hydrogens is 911 g/mol. The number of amides is 1. The maximum Gasteiger partial charge on any atom is 0.305 e. The molecule has 74 heavy (non-hydrogen) atoms. The van der Waals surface area contributed by atoms with Crippen LogP contribution in [-0.2, 0) is 14.3 Å². The van der Waals surface area contributed by atoms with Gasteiger partial charge in [-0.2, -0.15) is 0 Å². The molecule has 0 bridgehead atoms. The summed E-state index contributed by atoms with van der Waals surface area (Å²) < 4.78 is 5.48. The summed E-state index contributed by atoms with van der Waals surface area (Å²) in [6, 6.07) is -0.544. The van der Waals surface area contributed by atoms with E-state index in [2.05, 4.69) is 31.3 Å². The zero-order chi connectivity index (χ0) is 53.6. The van der Waals surface area contributed by atoms with Crippen LogP contribution in [0.15, 0.2) is 12.2 Å². The van der Waals surface area contributed by atoms with Gasteiger partial charge in [0.2, 0.25) is 5.91 Å². The van der Waals surface area contributed by atoms with Gasteiger partial charge >= 0.3 is 5.97 Å². The zero-order valence-electron chi connectivity index (χ0n) is 50.4. The molecule has 0 aliphatic rings. The van der Waals surface area contributed by atoms with E-state index in [0.717, 1.165) is 44.9 Å². The van der Waals surface area contributed by atoms with Crippen LogP contribution >= 0.6 is 0 Å². The van der Waals surface area contributed by atoms with Crippen molar-refractivity contribution in [2.75, 3.05) is 13.2 Å². The fraction of sp³-hybridized carbons (Fsp3) is 0.941. The minimum absolute atomic E-state index is 0.00257. The SMILES string of the molecule is CCCCCC/C=C\CCCCCCCC(=O)OCCCCCCCCCCCCCCCCCCCCCCC(=O)NC(CO)C(O)CCCCCCCCCCCCCCCCCCCCCCCCCC. The molecule has 0 aliphatic heterocycles. The largest absolute Gasteiger partial charge is 0.466 e. The minimum atomic E-state index is -0.667. The number of aliphatic hydroxyl groups is 2. The van der Waals surface area contributed by atoms with Crippen LogP contribution in [0.3, 0.4) is 0 Å². The van der Waals surface area contributed by atoms with E-state index in [1.807, 2.05) is 0 Å². The van der Waals surface area contributed by atoms with Crippen molar-refractivity contribution in [1.82, 2.24) is 5.32 Å². The number of ether oxygens (including phenoxy) is 1. The van der Waals surface area contributed by atoms with Crippen LogP contribution in [0.2, 0.25) is 0 Å². The number of rotatable bonds is 64. The second-order valence-electron chi connectivity index (χ2n) is 23.5. The van der Waals surface area contributed by atoms with Gasteiger partial charge in [0.05, 0.1) is 25.4 Å². The molecule has 6 heteroatoms. The molecule has 3 N–H and O–H groups in total. The normalized spacial score (nSPS) is 12.5. The van der Waals surface area contributed by atoms with Crippen molar-refractivity contribution >= 4 is 11.9 Å². The van der Waals surface area contributed by atoms with Crippen LogP contribution in [0.5, 0.6) is 0 Å². The third-order valence-electron chi connectivity index (χ3n) is 16.1. The maximum absolute atomic E-state index is 12.5. The smallest absolute Gasteiger partial charge is 0.305 e. The Hall–Kier alpha value is -1.40. The Balaban J connectivity index is 3.39. The lowest BCUT2D eigenvalue weighted by atomic mass is 10.0. The van der Waals surface area contributed by atoms with Gasteiger partial charge in [-0.05, 0) is 51.4 Å². The van der Waals surface area contributed by atoms with Gasteiger partial charge in [0, 0.05) is 12.8 Å². The van der Waals surface area contributed by atoms with Crippen molar-refractivity contribution in [1.29, 1.82) is 0 Å². The van der Waals surface area contributed by atoms with E-state index >= 15 is 0 Å². The molecule has 0 fully saturated rings. The van der Waals surface area contributed by atoms with E-state index in [-0.39, 0.29) is 18.5 Å². The summed E-state index contributed by atoms with van der Waals surface area (Å²) in [7, 11) is 0. The third kappa shape index (κ3) is 59.8. The van der Waals surface area contributed by atoms with Crippen molar-refractivity contribution < 1.29 is 24.5 Å². The van der Waals surface area contributed by atoms with Gasteiger partial charge in [0.25, 0.3) is 0 Å². The van der Waals surface area contributed by atoms with E-state index < -0.39 is 12.1 Å². The van der Waals surface area contributed by atoms with Crippen LogP contribution < -0.4 is 5.32 Å². The van der Waals surface area contributed by atoms with Crippen molar-refractivity contribution in [3.63, 3.8) is 0 Å². The van der Waals surface area contributed by atoms with Gasteiger partial charge < -0.3 is 20.3 Å². The van der Waals surface area contributed by atoms with Crippen molar-refractivity contribution in [2.45, 2.75) is 398 Å². The molecule has 0 aromatic heterocycles. The minimum Gasteiger partial charge on any atom is -0.466 e. The van der Waals surface area contributed by atoms with Crippen LogP contribution in [-0.4, -0.2) is 47.4 Å². The fourth-order valence-corrected chi connectivity index (χ4v) is 10.9. The van der Waals surface area contributed by atoms with Gasteiger partial charge in [0.15, 0.2) is 0 Å². The maximum atomic E-state index is 12.5. The van der Waals surface area contributed by atoms with Crippen LogP contribution in [0.1, 0.15) is 386 Å². The first kappa shape index (κ1) is 72.6. The first-order valence-corrected chi connectivity index (χ1v) is 33.9. The molecule has 1 amide bonds. The Morgan fingerprint density at radius 2 is 0.635 bits per heavy atom. The topological polar surface area (TPSA) is 95.9 Å². The average molecular weight is 1040 g/mol. The van der Waals surface area contributed by atoms with Crippen LogP contribution in [0.4, 0.5) is 0 Å².